The summed E-state index contributed by atoms with van der Waals surface area (Å²) in [6.07, 6.45) is 3.56. The van der Waals surface area contributed by atoms with Crippen LogP contribution < -0.4 is 27.0 Å². The Morgan fingerprint density at radius 3 is 2.25 bits per heavy atom. The van der Waals surface area contributed by atoms with Gasteiger partial charge in [0, 0.05) is 24.5 Å². The first kappa shape index (κ1) is 31.3. The summed E-state index contributed by atoms with van der Waals surface area (Å²) in [5.41, 5.74) is 4.12. The molecule has 6 N–H and O–H groups in total. The molecule has 3 rings (SSSR count). The molecule has 3 aliphatic rings. The zero-order valence-electron chi connectivity index (χ0n) is 24.6. The Hall–Kier alpha value is -3.18. The smallest absolute Gasteiger partial charge is 0.315 e. The van der Waals surface area contributed by atoms with Crippen molar-refractivity contribution in [3.8, 4) is 0 Å². The van der Waals surface area contributed by atoms with Gasteiger partial charge >= 0.3 is 6.03 Å². The van der Waals surface area contributed by atoms with Crippen LogP contribution in [0, 0.1) is 23.2 Å². The van der Waals surface area contributed by atoms with E-state index in [9.17, 15) is 28.8 Å². The second kappa shape index (κ2) is 12.1. The van der Waals surface area contributed by atoms with Gasteiger partial charge in [-0.15, -0.1) is 0 Å². The van der Waals surface area contributed by atoms with E-state index < -0.39 is 52.7 Å². The number of nitrogens with one attached hydrogen (secondary N) is 4. The monoisotopic (exact) mass is 562 g/mol. The lowest BCUT2D eigenvalue weighted by molar-refractivity contribution is -0.144. The predicted molar refractivity (Wildman–Crippen MR) is 147 cm³/mol. The summed E-state index contributed by atoms with van der Waals surface area (Å²) in [4.78, 5) is 78.6. The van der Waals surface area contributed by atoms with Gasteiger partial charge in [0.05, 0.1) is 6.04 Å². The third-order valence-corrected chi connectivity index (χ3v) is 8.16. The van der Waals surface area contributed by atoms with E-state index in [1.165, 1.54) is 4.90 Å². The third-order valence-electron chi connectivity index (χ3n) is 8.16. The number of primary amides is 1. The third kappa shape index (κ3) is 7.51. The Labute approximate surface area is 236 Å². The second-order valence-electron chi connectivity index (χ2n) is 13.6. The number of nitrogens with two attached hydrogens (primary N) is 1. The van der Waals surface area contributed by atoms with Crippen LogP contribution in [0.25, 0.3) is 0 Å². The van der Waals surface area contributed by atoms with Crippen molar-refractivity contribution in [3.05, 3.63) is 0 Å². The number of amides is 6. The lowest BCUT2D eigenvalue weighted by Gasteiger charge is -2.37. The Kier molecular flexibility index (Phi) is 9.51. The summed E-state index contributed by atoms with van der Waals surface area (Å²) < 4.78 is 0. The molecule has 6 amide bonds. The molecule has 0 aromatic heterocycles. The largest absolute Gasteiger partial charge is 0.363 e. The standard InChI is InChI=1S/C28H46N6O6/c1-27(2,3)21(32-26(40)33-28(4,5)6)25(39)34-14-16-8-7-9-17(16)19(34)24(38)31-18(20(35)22(29)36)11-10-15-12-13-30-23(15)37/h15-19,21H,7-14H2,1-6H3,(H2,29,36)(H,30,37)(H,31,38)(H2,32,33,40)/t15-,16+,17+,18+,19+,21-/m1/s1. The van der Waals surface area contributed by atoms with E-state index in [1.54, 1.807) is 0 Å². The molecule has 6 atom stereocenters. The highest BCUT2D eigenvalue weighted by Gasteiger charge is 2.52. The van der Waals surface area contributed by atoms with E-state index in [4.69, 9.17) is 5.73 Å². The number of carbonyl (C=O) groups excluding carboxylic acids is 6. The molecule has 0 radical (unpaired) electrons. The first-order chi connectivity index (χ1) is 18.5. The van der Waals surface area contributed by atoms with Gasteiger partial charge in [0.2, 0.25) is 23.5 Å². The van der Waals surface area contributed by atoms with Gasteiger partial charge < -0.3 is 31.9 Å². The zero-order chi connectivity index (χ0) is 30.0. The van der Waals surface area contributed by atoms with Crippen LogP contribution in [0.5, 0.6) is 0 Å². The number of hydrogen-bond donors (Lipinski definition) is 5. The molecule has 0 unspecified atom stereocenters. The van der Waals surface area contributed by atoms with Crippen molar-refractivity contribution in [1.82, 2.24) is 26.2 Å². The van der Waals surface area contributed by atoms with E-state index in [2.05, 4.69) is 21.3 Å². The highest BCUT2D eigenvalue weighted by Crippen LogP contribution is 2.43. The molecule has 0 spiro atoms. The van der Waals surface area contributed by atoms with Gasteiger partial charge in [-0.25, -0.2) is 4.79 Å². The normalized spacial score (nSPS) is 25.9. The highest BCUT2D eigenvalue weighted by molar-refractivity contribution is 6.37. The molecule has 12 heteroatoms. The van der Waals surface area contributed by atoms with Crippen molar-refractivity contribution in [2.24, 2.45) is 28.9 Å². The summed E-state index contributed by atoms with van der Waals surface area (Å²) in [6, 6.07) is -3.43. The Balaban J connectivity index is 1.82. The molecular formula is C28H46N6O6. The highest BCUT2D eigenvalue weighted by atomic mass is 16.2. The maximum absolute atomic E-state index is 14.0. The van der Waals surface area contributed by atoms with Crippen molar-refractivity contribution in [1.29, 1.82) is 0 Å². The minimum atomic E-state index is -1.19. The molecule has 2 saturated heterocycles. The molecule has 12 nitrogen and oxygen atoms in total. The van der Waals surface area contributed by atoms with E-state index in [1.807, 2.05) is 41.5 Å². The molecule has 0 aromatic rings. The molecule has 224 valence electrons. The van der Waals surface area contributed by atoms with Crippen LogP contribution in [-0.2, 0) is 24.0 Å². The van der Waals surface area contributed by atoms with Crippen LogP contribution in [0.4, 0.5) is 4.79 Å². The Morgan fingerprint density at radius 1 is 1.02 bits per heavy atom. The number of fused-ring (bicyclic) bond motifs is 1. The molecule has 2 aliphatic heterocycles. The number of urea groups is 1. The zero-order valence-corrected chi connectivity index (χ0v) is 24.6. The van der Waals surface area contributed by atoms with Crippen molar-refractivity contribution in [3.63, 3.8) is 0 Å². The topological polar surface area (TPSA) is 180 Å². The molecule has 3 fully saturated rings. The minimum Gasteiger partial charge on any atom is -0.363 e. The molecule has 1 saturated carbocycles. The SMILES string of the molecule is CC(C)(C)NC(=O)N[C@H](C(=O)N1C[C@@H]2CCC[C@@H]2[C@H]1C(=O)N[C@@H](CC[C@@H]1CCNC1=O)C(=O)C(N)=O)C(C)(C)C. The Morgan fingerprint density at radius 2 is 1.70 bits per heavy atom. The van der Waals surface area contributed by atoms with Crippen LogP contribution >= 0.6 is 0 Å². The summed E-state index contributed by atoms with van der Waals surface area (Å²) >= 11 is 0. The van der Waals surface area contributed by atoms with Crippen LogP contribution in [0.1, 0.15) is 80.1 Å². The Bertz CT molecular complexity index is 1030. The van der Waals surface area contributed by atoms with Crippen LogP contribution in [0.3, 0.4) is 0 Å². The molecular weight excluding hydrogens is 516 g/mol. The molecule has 0 bridgehead atoms. The average molecular weight is 563 g/mol. The van der Waals surface area contributed by atoms with Gasteiger partial charge in [0.25, 0.3) is 5.91 Å². The van der Waals surface area contributed by atoms with E-state index in [-0.39, 0.29) is 36.0 Å². The lowest BCUT2D eigenvalue weighted by atomic mass is 9.85. The first-order valence-corrected chi connectivity index (χ1v) is 14.3. The molecule has 40 heavy (non-hydrogen) atoms. The summed E-state index contributed by atoms with van der Waals surface area (Å²) in [7, 11) is 0. The fraction of sp³-hybridized carbons (Fsp3) is 0.786. The van der Waals surface area contributed by atoms with Crippen molar-refractivity contribution >= 4 is 35.4 Å². The summed E-state index contributed by atoms with van der Waals surface area (Å²) in [6.45, 7) is 12.0. The average Bonchev–Trinajstić information content (AvgIpc) is 3.53. The fourth-order valence-corrected chi connectivity index (χ4v) is 6.18. The quantitative estimate of drug-likeness (QED) is 0.256. The van der Waals surface area contributed by atoms with Gasteiger partial charge in [-0.05, 0) is 70.1 Å². The second-order valence-corrected chi connectivity index (χ2v) is 13.6. The number of nitrogens with zero attached hydrogens (tertiary/aromatic N) is 1. The van der Waals surface area contributed by atoms with Crippen LogP contribution in [0.2, 0.25) is 0 Å². The van der Waals surface area contributed by atoms with E-state index in [0.29, 0.717) is 25.9 Å². The first-order valence-electron chi connectivity index (χ1n) is 14.3. The maximum Gasteiger partial charge on any atom is 0.315 e. The predicted octanol–water partition coefficient (Wildman–Crippen LogP) is 0.581. The number of Topliss-reactive ketones (excluding diaryl/α,β-unsaturated/α-hetero) is 1. The summed E-state index contributed by atoms with van der Waals surface area (Å²) in [5, 5.41) is 11.1. The molecule has 2 heterocycles. The van der Waals surface area contributed by atoms with Gasteiger partial charge in [-0.2, -0.15) is 0 Å². The van der Waals surface area contributed by atoms with Crippen LogP contribution in [-0.4, -0.2) is 77.1 Å². The van der Waals surface area contributed by atoms with Gasteiger partial charge in [0.15, 0.2) is 0 Å². The lowest BCUT2D eigenvalue weighted by Crippen LogP contribution is -2.61. The van der Waals surface area contributed by atoms with E-state index in [0.717, 1.165) is 19.3 Å². The summed E-state index contributed by atoms with van der Waals surface area (Å²) in [5.74, 6) is -3.39. The van der Waals surface area contributed by atoms with Gasteiger partial charge in [-0.1, -0.05) is 27.2 Å². The van der Waals surface area contributed by atoms with Crippen molar-refractivity contribution in [2.45, 2.75) is 104 Å². The van der Waals surface area contributed by atoms with E-state index >= 15 is 0 Å². The fourth-order valence-electron chi connectivity index (χ4n) is 6.18. The van der Waals surface area contributed by atoms with Crippen LogP contribution in [0.15, 0.2) is 0 Å². The number of ketones is 1. The van der Waals surface area contributed by atoms with Crippen molar-refractivity contribution in [2.75, 3.05) is 13.1 Å². The number of likely N-dealkylation sites (tertiary alicyclic amines) is 1. The van der Waals surface area contributed by atoms with Gasteiger partial charge in [-0.3, -0.25) is 24.0 Å². The van der Waals surface area contributed by atoms with Gasteiger partial charge in [0.1, 0.15) is 12.1 Å². The number of hydrogen-bond acceptors (Lipinski definition) is 6. The number of rotatable bonds is 9. The molecule has 0 aromatic carbocycles. The van der Waals surface area contributed by atoms with Crippen molar-refractivity contribution < 1.29 is 28.8 Å². The minimum absolute atomic E-state index is 0.0828. The molecule has 1 aliphatic carbocycles. The maximum atomic E-state index is 14.0. The number of carbonyl (C=O) groups is 6.